The van der Waals surface area contributed by atoms with E-state index in [4.69, 9.17) is 5.10 Å². The number of aryl methyl sites for hydroxylation is 1. The van der Waals surface area contributed by atoms with Crippen molar-refractivity contribution in [3.63, 3.8) is 0 Å². The maximum atomic E-state index is 12.8. The van der Waals surface area contributed by atoms with Crippen molar-refractivity contribution in [2.75, 3.05) is 0 Å². The minimum atomic E-state index is -0.00260. The molecule has 5 heteroatoms. The highest BCUT2D eigenvalue weighted by atomic mass is 16.2. The monoisotopic (exact) mass is 394 g/mol. The fourth-order valence-corrected chi connectivity index (χ4v) is 3.80. The van der Waals surface area contributed by atoms with Crippen molar-refractivity contribution in [1.29, 1.82) is 0 Å². The number of carbonyl (C=O) groups excluding carboxylic acids is 1. The summed E-state index contributed by atoms with van der Waals surface area (Å²) in [6.45, 7) is 3.14. The van der Waals surface area contributed by atoms with Crippen molar-refractivity contribution in [2.45, 2.75) is 20.0 Å². The Hall–Kier alpha value is -3.86. The second-order valence-electron chi connectivity index (χ2n) is 7.52. The highest BCUT2D eigenvalue weighted by molar-refractivity contribution is 5.92. The number of benzene rings is 2. The topological polar surface area (TPSA) is 43.1 Å². The van der Waals surface area contributed by atoms with Crippen LogP contribution in [0, 0.1) is 6.92 Å². The lowest BCUT2D eigenvalue weighted by Crippen LogP contribution is -2.24. The Balaban J connectivity index is 1.46. The molecule has 0 bridgehead atoms. The van der Waals surface area contributed by atoms with E-state index < -0.39 is 0 Å². The second kappa shape index (κ2) is 7.52. The number of carbonyl (C=O) groups is 1. The number of amides is 1. The third kappa shape index (κ3) is 3.35. The largest absolute Gasteiger partial charge is 0.329 e. The number of fused-ring (bicyclic) bond motifs is 1. The van der Waals surface area contributed by atoms with Crippen LogP contribution in [-0.4, -0.2) is 25.2 Å². The van der Waals surface area contributed by atoms with E-state index in [9.17, 15) is 4.79 Å². The molecule has 1 aliphatic rings. The Morgan fingerprint density at radius 2 is 1.67 bits per heavy atom. The number of hydrogen-bond donors (Lipinski definition) is 0. The van der Waals surface area contributed by atoms with Crippen molar-refractivity contribution in [2.24, 2.45) is 0 Å². The second-order valence-corrected chi connectivity index (χ2v) is 7.52. The smallest absolute Gasteiger partial charge is 0.247 e. The molecular formula is C25H22N4O. The van der Waals surface area contributed by atoms with Crippen LogP contribution in [0.4, 0.5) is 0 Å². The zero-order valence-electron chi connectivity index (χ0n) is 16.8. The van der Waals surface area contributed by atoms with E-state index in [1.807, 2.05) is 70.5 Å². The van der Waals surface area contributed by atoms with Gasteiger partial charge >= 0.3 is 0 Å². The maximum absolute atomic E-state index is 12.8. The van der Waals surface area contributed by atoms with Gasteiger partial charge in [-0.3, -0.25) is 4.79 Å². The van der Waals surface area contributed by atoms with Crippen molar-refractivity contribution in [1.82, 2.24) is 19.2 Å². The molecule has 5 nitrogen and oxygen atoms in total. The quantitative estimate of drug-likeness (QED) is 0.478. The molecule has 1 aliphatic heterocycles. The van der Waals surface area contributed by atoms with Crippen LogP contribution >= 0.6 is 0 Å². The van der Waals surface area contributed by atoms with Gasteiger partial charge in [-0.15, -0.1) is 0 Å². The zero-order valence-corrected chi connectivity index (χ0v) is 16.8. The van der Waals surface area contributed by atoms with Gasteiger partial charge < -0.3 is 9.47 Å². The molecule has 0 fully saturated rings. The summed E-state index contributed by atoms with van der Waals surface area (Å²) < 4.78 is 4.05. The molecule has 2 aromatic carbocycles. The number of nitrogens with zero attached hydrogens (tertiary/aromatic N) is 4. The van der Waals surface area contributed by atoms with Crippen LogP contribution in [0.15, 0.2) is 85.2 Å². The van der Waals surface area contributed by atoms with E-state index in [2.05, 4.69) is 35.8 Å². The average molecular weight is 394 g/mol. The van der Waals surface area contributed by atoms with E-state index in [1.54, 1.807) is 6.08 Å². The van der Waals surface area contributed by atoms with Crippen molar-refractivity contribution < 1.29 is 4.79 Å². The Kier molecular flexibility index (Phi) is 4.56. The van der Waals surface area contributed by atoms with Gasteiger partial charge in [0.15, 0.2) is 0 Å². The number of hydrogen-bond acceptors (Lipinski definition) is 2. The first-order valence-corrected chi connectivity index (χ1v) is 10.0. The van der Waals surface area contributed by atoms with Gasteiger partial charge in [-0.1, -0.05) is 48.0 Å². The Labute approximate surface area is 175 Å². The van der Waals surface area contributed by atoms with Gasteiger partial charge in [-0.25, -0.2) is 4.68 Å². The summed E-state index contributed by atoms with van der Waals surface area (Å²) in [7, 11) is 0. The molecule has 0 unspecified atom stereocenters. The van der Waals surface area contributed by atoms with Crippen molar-refractivity contribution in [3.05, 3.63) is 108 Å². The molecule has 0 aliphatic carbocycles. The standard InChI is InChI=1S/C25H22N4O/c1-19-9-12-21(13-10-19)29-25(27-15-5-6-16-27)22-17-28(18-23(22)26-29)24(30)14-11-20-7-3-2-4-8-20/h2-16H,17-18H2,1H3. The van der Waals surface area contributed by atoms with Gasteiger partial charge in [0, 0.05) is 24.0 Å². The number of rotatable bonds is 4. The van der Waals surface area contributed by atoms with Crippen LogP contribution in [0.1, 0.15) is 22.4 Å². The molecule has 5 rings (SSSR count). The van der Waals surface area contributed by atoms with Crippen LogP contribution in [0.2, 0.25) is 0 Å². The third-order valence-corrected chi connectivity index (χ3v) is 5.39. The number of aromatic nitrogens is 3. The van der Waals surface area contributed by atoms with E-state index in [0.717, 1.165) is 28.3 Å². The van der Waals surface area contributed by atoms with E-state index >= 15 is 0 Å². The van der Waals surface area contributed by atoms with Gasteiger partial charge in [-0.2, -0.15) is 5.10 Å². The minimum absolute atomic E-state index is 0.00260. The summed E-state index contributed by atoms with van der Waals surface area (Å²) in [4.78, 5) is 14.6. The first kappa shape index (κ1) is 18.2. The van der Waals surface area contributed by atoms with Gasteiger partial charge in [0.1, 0.15) is 5.82 Å². The Morgan fingerprint density at radius 1 is 0.933 bits per heavy atom. The lowest BCUT2D eigenvalue weighted by molar-refractivity contribution is -0.126. The molecule has 30 heavy (non-hydrogen) atoms. The van der Waals surface area contributed by atoms with E-state index in [-0.39, 0.29) is 5.91 Å². The molecule has 0 atom stereocenters. The average Bonchev–Trinajstić information content (AvgIpc) is 3.49. The van der Waals surface area contributed by atoms with Crippen molar-refractivity contribution >= 4 is 12.0 Å². The maximum Gasteiger partial charge on any atom is 0.247 e. The highest BCUT2D eigenvalue weighted by Crippen LogP contribution is 2.30. The molecule has 148 valence electrons. The van der Waals surface area contributed by atoms with Crippen LogP contribution in [0.25, 0.3) is 17.6 Å². The molecule has 0 saturated heterocycles. The normalized spacial score (nSPS) is 13.2. The predicted molar refractivity (Wildman–Crippen MR) is 117 cm³/mol. The summed E-state index contributed by atoms with van der Waals surface area (Å²) in [5, 5.41) is 4.88. The first-order valence-electron chi connectivity index (χ1n) is 10.0. The molecule has 1 amide bonds. The Morgan fingerprint density at radius 3 is 2.40 bits per heavy atom. The van der Waals surface area contributed by atoms with Gasteiger partial charge in [0.2, 0.25) is 5.91 Å². The van der Waals surface area contributed by atoms with Gasteiger partial charge in [0.05, 0.1) is 24.5 Å². The highest BCUT2D eigenvalue weighted by Gasteiger charge is 2.30. The minimum Gasteiger partial charge on any atom is -0.329 e. The molecule has 2 aromatic heterocycles. The molecule has 0 N–H and O–H groups in total. The zero-order chi connectivity index (χ0) is 20.5. The SMILES string of the molecule is Cc1ccc(-n2nc3c(c2-n2cccc2)CN(C(=O)C=Cc2ccccc2)C3)cc1. The Bertz CT molecular complexity index is 1200. The van der Waals surface area contributed by atoms with Crippen molar-refractivity contribution in [3.8, 4) is 11.5 Å². The van der Waals surface area contributed by atoms with Crippen LogP contribution in [-0.2, 0) is 17.9 Å². The van der Waals surface area contributed by atoms with Crippen LogP contribution in [0.3, 0.4) is 0 Å². The lowest BCUT2D eigenvalue weighted by Gasteiger charge is -2.16. The first-order chi connectivity index (χ1) is 14.7. The summed E-state index contributed by atoms with van der Waals surface area (Å²) >= 11 is 0. The molecule has 0 radical (unpaired) electrons. The lowest BCUT2D eigenvalue weighted by atomic mass is 10.2. The summed E-state index contributed by atoms with van der Waals surface area (Å²) in [5.74, 6) is 0.985. The summed E-state index contributed by atoms with van der Waals surface area (Å²) in [6.07, 6.45) is 7.53. The van der Waals surface area contributed by atoms with E-state index in [0.29, 0.717) is 13.1 Å². The fourth-order valence-electron chi connectivity index (χ4n) is 3.80. The molecule has 0 spiro atoms. The van der Waals surface area contributed by atoms with Gasteiger partial charge in [0.25, 0.3) is 0 Å². The molecule has 3 heterocycles. The molecule has 0 saturated carbocycles. The third-order valence-electron chi connectivity index (χ3n) is 5.39. The summed E-state index contributed by atoms with van der Waals surface area (Å²) in [5.41, 5.74) is 5.28. The van der Waals surface area contributed by atoms with Gasteiger partial charge in [-0.05, 0) is 42.8 Å². The molecular weight excluding hydrogens is 372 g/mol. The molecule has 4 aromatic rings. The fraction of sp³-hybridized carbons (Fsp3) is 0.120. The van der Waals surface area contributed by atoms with Crippen LogP contribution < -0.4 is 0 Å². The predicted octanol–water partition coefficient (Wildman–Crippen LogP) is 4.53. The summed E-state index contributed by atoms with van der Waals surface area (Å²) in [6, 6.07) is 22.2. The van der Waals surface area contributed by atoms with E-state index in [1.165, 1.54) is 5.56 Å². The van der Waals surface area contributed by atoms with Crippen LogP contribution in [0.5, 0.6) is 0 Å².